The van der Waals surface area contributed by atoms with Crippen LogP contribution in [0.5, 0.6) is 5.88 Å². The van der Waals surface area contributed by atoms with Crippen molar-refractivity contribution >= 4 is 23.5 Å². The predicted octanol–water partition coefficient (Wildman–Crippen LogP) is 0.684. The van der Waals surface area contributed by atoms with E-state index in [2.05, 4.69) is 25.3 Å². The number of guanidine groups is 1. The molecule has 11 nitrogen and oxygen atoms in total. The molecule has 2 atom stereocenters. The molecule has 2 aliphatic rings. The number of carbonyl (C=O) groups is 2. The van der Waals surface area contributed by atoms with Crippen LogP contribution in [-0.4, -0.2) is 64.0 Å². The number of hydrogen-bond acceptors (Lipinski definition) is 9. The number of nitrogens with one attached hydrogen (secondary N) is 1. The van der Waals surface area contributed by atoms with Crippen LogP contribution in [0, 0.1) is 0 Å². The lowest BCUT2D eigenvalue weighted by Gasteiger charge is -2.32. The maximum Gasteiger partial charge on any atom is 0.275 e. The third kappa shape index (κ3) is 4.45. The second kappa shape index (κ2) is 8.26. The molecule has 2 aromatic heterocycles. The van der Waals surface area contributed by atoms with Crippen LogP contribution in [0.2, 0.25) is 0 Å². The molecule has 2 aromatic rings. The molecule has 0 bridgehead atoms. The van der Waals surface area contributed by atoms with Gasteiger partial charge in [0.1, 0.15) is 17.8 Å². The van der Waals surface area contributed by atoms with Gasteiger partial charge in [0, 0.05) is 32.0 Å². The first-order chi connectivity index (χ1) is 14.8. The third-order valence-electron chi connectivity index (χ3n) is 5.22. The first kappa shape index (κ1) is 20.7. The van der Waals surface area contributed by atoms with Gasteiger partial charge in [-0.05, 0) is 19.1 Å². The number of aliphatic imine (C=N–C) groups is 1. The highest BCUT2D eigenvalue weighted by molar-refractivity contribution is 6.02. The van der Waals surface area contributed by atoms with Crippen LogP contribution in [0.3, 0.4) is 0 Å². The van der Waals surface area contributed by atoms with Crippen molar-refractivity contribution in [1.29, 1.82) is 0 Å². The van der Waals surface area contributed by atoms with Gasteiger partial charge < -0.3 is 20.5 Å². The van der Waals surface area contributed by atoms with Crippen LogP contribution in [0.25, 0.3) is 0 Å². The Hall–Kier alpha value is -3.60. The van der Waals surface area contributed by atoms with Crippen LogP contribution in [-0.2, 0) is 15.1 Å². The summed E-state index contributed by atoms with van der Waals surface area (Å²) in [7, 11) is 1.57. The number of hydrogen-bond donors (Lipinski definition) is 2. The topological polar surface area (TPSA) is 145 Å². The van der Waals surface area contributed by atoms with E-state index < -0.39 is 11.4 Å². The summed E-state index contributed by atoms with van der Waals surface area (Å²) >= 11 is 0. The van der Waals surface area contributed by atoms with Gasteiger partial charge in [-0.3, -0.25) is 19.5 Å². The van der Waals surface area contributed by atoms with Gasteiger partial charge >= 0.3 is 0 Å². The molecule has 0 spiro atoms. The molecular formula is C20H23N7O4. The van der Waals surface area contributed by atoms with Crippen molar-refractivity contribution in [3.63, 3.8) is 0 Å². The van der Waals surface area contributed by atoms with Gasteiger partial charge in [-0.15, -0.1) is 0 Å². The highest BCUT2D eigenvalue weighted by Crippen LogP contribution is 2.32. The van der Waals surface area contributed by atoms with E-state index in [0.29, 0.717) is 23.9 Å². The number of carbonyl (C=O) groups excluding carboxylic acids is 2. The number of ether oxygens (including phenoxy) is 2. The maximum atomic E-state index is 12.6. The fourth-order valence-corrected chi connectivity index (χ4v) is 3.16. The van der Waals surface area contributed by atoms with Gasteiger partial charge in [-0.1, -0.05) is 0 Å². The van der Waals surface area contributed by atoms with E-state index in [9.17, 15) is 9.59 Å². The Kier molecular flexibility index (Phi) is 5.51. The highest BCUT2D eigenvalue weighted by Gasteiger charge is 2.37. The SMILES string of the molecule is CN1C(=O)CC(C)(c2cc(NC(=O)c3cnc(OCC4CCO4)cn3)ccn2)N=C1N. The number of aromatic nitrogens is 3. The van der Waals surface area contributed by atoms with Crippen LogP contribution >= 0.6 is 0 Å². The first-order valence-electron chi connectivity index (χ1n) is 9.80. The van der Waals surface area contributed by atoms with Gasteiger partial charge in [0.2, 0.25) is 11.8 Å². The number of nitrogens with two attached hydrogens (primary N) is 1. The lowest BCUT2D eigenvalue weighted by molar-refractivity contribution is -0.128. The van der Waals surface area contributed by atoms with E-state index in [-0.39, 0.29) is 30.1 Å². The van der Waals surface area contributed by atoms with Gasteiger partial charge in [0.25, 0.3) is 5.91 Å². The van der Waals surface area contributed by atoms with Crippen molar-refractivity contribution in [2.24, 2.45) is 10.7 Å². The molecule has 1 saturated heterocycles. The standard InChI is InChI=1S/C20H23N7O4/c1-20(8-17(28)27(2)19(21)26-20)15-7-12(3-5-22-15)25-18(29)14-9-24-16(10-23-14)31-11-13-4-6-30-13/h3,5,7,9-10,13H,4,6,8,11H2,1-2H3,(H2,21,26)(H,22,25,29). The molecule has 4 rings (SSSR count). The number of amides is 2. The molecule has 1 fully saturated rings. The largest absolute Gasteiger partial charge is 0.474 e. The van der Waals surface area contributed by atoms with Crippen LogP contribution in [0.15, 0.2) is 35.7 Å². The van der Waals surface area contributed by atoms with Crippen LogP contribution < -0.4 is 15.8 Å². The van der Waals surface area contributed by atoms with Crippen molar-refractivity contribution in [3.05, 3.63) is 42.1 Å². The van der Waals surface area contributed by atoms with Gasteiger partial charge in [0.05, 0.1) is 30.6 Å². The van der Waals surface area contributed by atoms with Crippen molar-refractivity contribution < 1.29 is 19.1 Å². The van der Waals surface area contributed by atoms with Crippen LogP contribution in [0.1, 0.15) is 35.9 Å². The maximum absolute atomic E-state index is 12.6. The molecule has 3 N–H and O–H groups in total. The summed E-state index contributed by atoms with van der Waals surface area (Å²) in [5.41, 5.74) is 6.08. The lowest BCUT2D eigenvalue weighted by atomic mass is 9.91. The minimum atomic E-state index is -0.919. The second-order valence-electron chi connectivity index (χ2n) is 7.59. The molecule has 31 heavy (non-hydrogen) atoms. The minimum Gasteiger partial charge on any atom is -0.474 e. The fraction of sp³-hybridized carbons (Fsp3) is 0.400. The first-order valence-corrected chi connectivity index (χ1v) is 9.80. The van der Waals surface area contributed by atoms with E-state index in [1.54, 1.807) is 26.1 Å². The molecule has 4 heterocycles. The molecule has 2 unspecified atom stereocenters. The summed E-state index contributed by atoms with van der Waals surface area (Å²) in [5, 5.41) is 2.76. The third-order valence-corrected chi connectivity index (χ3v) is 5.22. The molecule has 0 radical (unpaired) electrons. The molecular weight excluding hydrogens is 402 g/mol. The Balaban J connectivity index is 1.44. The average molecular weight is 425 g/mol. The van der Waals surface area contributed by atoms with Gasteiger partial charge in [0.15, 0.2) is 5.96 Å². The smallest absolute Gasteiger partial charge is 0.275 e. The van der Waals surface area contributed by atoms with Crippen molar-refractivity contribution in [1.82, 2.24) is 19.9 Å². The molecule has 162 valence electrons. The Labute approximate surface area is 178 Å². The summed E-state index contributed by atoms with van der Waals surface area (Å²) in [6, 6.07) is 3.30. The summed E-state index contributed by atoms with van der Waals surface area (Å²) in [5.74, 6) is -0.149. The molecule has 2 aliphatic heterocycles. The van der Waals surface area contributed by atoms with Gasteiger partial charge in [-0.2, -0.15) is 0 Å². The highest BCUT2D eigenvalue weighted by atomic mass is 16.5. The Morgan fingerprint density at radius 1 is 1.39 bits per heavy atom. The molecule has 2 amide bonds. The second-order valence-corrected chi connectivity index (χ2v) is 7.59. The molecule has 11 heteroatoms. The zero-order valence-corrected chi connectivity index (χ0v) is 17.2. The molecule has 0 aliphatic carbocycles. The number of pyridine rings is 1. The van der Waals surface area contributed by atoms with E-state index in [0.717, 1.165) is 13.0 Å². The predicted molar refractivity (Wildman–Crippen MR) is 110 cm³/mol. The van der Waals surface area contributed by atoms with E-state index in [1.807, 2.05) is 0 Å². The number of nitrogens with zero attached hydrogens (tertiary/aromatic N) is 5. The quantitative estimate of drug-likeness (QED) is 0.687. The van der Waals surface area contributed by atoms with E-state index in [4.69, 9.17) is 15.2 Å². The monoisotopic (exact) mass is 425 g/mol. The molecule has 0 saturated carbocycles. The average Bonchev–Trinajstić information content (AvgIpc) is 2.71. The van der Waals surface area contributed by atoms with Gasteiger partial charge in [-0.25, -0.2) is 15.0 Å². The zero-order valence-electron chi connectivity index (χ0n) is 17.2. The van der Waals surface area contributed by atoms with E-state index >= 15 is 0 Å². The van der Waals surface area contributed by atoms with Crippen molar-refractivity contribution in [3.8, 4) is 5.88 Å². The minimum absolute atomic E-state index is 0.0899. The molecule has 0 aromatic carbocycles. The Morgan fingerprint density at radius 2 is 2.19 bits per heavy atom. The summed E-state index contributed by atoms with van der Waals surface area (Å²) in [4.78, 5) is 43.0. The van der Waals surface area contributed by atoms with E-state index in [1.165, 1.54) is 23.5 Å². The summed E-state index contributed by atoms with van der Waals surface area (Å²) in [6.07, 6.45) is 5.45. The Bertz CT molecular complexity index is 1020. The fourth-order valence-electron chi connectivity index (χ4n) is 3.16. The normalized spacial score (nSPS) is 23.0. The number of anilines is 1. The van der Waals surface area contributed by atoms with Crippen LogP contribution in [0.4, 0.5) is 5.69 Å². The van der Waals surface area contributed by atoms with Crippen molar-refractivity contribution in [2.75, 3.05) is 25.6 Å². The van der Waals surface area contributed by atoms with Crippen molar-refractivity contribution in [2.45, 2.75) is 31.4 Å². The summed E-state index contributed by atoms with van der Waals surface area (Å²) in [6.45, 7) is 2.93. The zero-order chi connectivity index (χ0) is 22.0. The lowest BCUT2D eigenvalue weighted by Crippen LogP contribution is -2.47. The number of rotatable bonds is 6. The summed E-state index contributed by atoms with van der Waals surface area (Å²) < 4.78 is 10.8. The Morgan fingerprint density at radius 3 is 2.84 bits per heavy atom.